The van der Waals surface area contributed by atoms with Gasteiger partial charge in [-0.25, -0.2) is 15.0 Å². The number of aryl methyl sites for hydroxylation is 1. The van der Waals surface area contributed by atoms with E-state index in [2.05, 4.69) is 21.0 Å². The number of benzene rings is 1. The van der Waals surface area contributed by atoms with Crippen LogP contribution < -0.4 is 0 Å². The highest BCUT2D eigenvalue weighted by atomic mass is 35.5. The summed E-state index contributed by atoms with van der Waals surface area (Å²) in [6.07, 6.45) is 0. The third-order valence-electron chi connectivity index (χ3n) is 2.47. The first kappa shape index (κ1) is 12.8. The van der Waals surface area contributed by atoms with Crippen molar-refractivity contribution >= 4 is 44.9 Å². The fourth-order valence-corrected chi connectivity index (χ4v) is 3.83. The largest absolute Gasteiger partial charge is 0.240 e. The van der Waals surface area contributed by atoms with E-state index in [4.69, 9.17) is 11.6 Å². The highest BCUT2D eigenvalue weighted by Gasteiger charge is 2.06. The van der Waals surface area contributed by atoms with E-state index in [1.165, 1.54) is 4.70 Å². The lowest BCUT2D eigenvalue weighted by atomic mass is 10.3. The number of nitrogens with zero attached hydrogens (tertiary/aromatic N) is 3. The molecule has 96 valence electrons. The van der Waals surface area contributed by atoms with E-state index in [-0.39, 0.29) is 0 Å². The summed E-state index contributed by atoms with van der Waals surface area (Å²) in [5.74, 6) is 0.763. The monoisotopic (exact) mass is 307 g/mol. The molecule has 6 heteroatoms. The third kappa shape index (κ3) is 3.05. The first-order chi connectivity index (χ1) is 9.20. The fraction of sp³-hybridized carbons (Fsp3) is 0.154. The molecule has 0 saturated heterocycles. The molecule has 0 atom stereocenters. The molecule has 0 unspecified atom stereocenters. The van der Waals surface area contributed by atoms with Crippen LogP contribution in [0.2, 0.25) is 5.15 Å². The van der Waals surface area contributed by atoms with Crippen molar-refractivity contribution in [1.82, 2.24) is 15.0 Å². The molecule has 0 N–H and O–H groups in total. The van der Waals surface area contributed by atoms with Gasteiger partial charge in [0.1, 0.15) is 10.2 Å². The van der Waals surface area contributed by atoms with Crippen LogP contribution in [0.3, 0.4) is 0 Å². The van der Waals surface area contributed by atoms with Crippen LogP contribution in [-0.4, -0.2) is 15.0 Å². The molecule has 19 heavy (non-hydrogen) atoms. The van der Waals surface area contributed by atoms with Crippen molar-refractivity contribution in [2.75, 3.05) is 0 Å². The summed E-state index contributed by atoms with van der Waals surface area (Å²) in [5, 5.41) is 2.26. The summed E-state index contributed by atoms with van der Waals surface area (Å²) >= 11 is 9.18. The SMILES string of the molecule is Cc1cc(Cl)nc(SCc2nc3ccccc3s2)n1. The number of thiazole rings is 1. The quantitative estimate of drug-likeness (QED) is 0.410. The van der Waals surface area contributed by atoms with Crippen LogP contribution in [0.25, 0.3) is 10.2 Å². The molecule has 0 aliphatic carbocycles. The molecular weight excluding hydrogens is 298 g/mol. The molecule has 0 saturated carbocycles. The Bertz CT molecular complexity index is 673. The van der Waals surface area contributed by atoms with Crippen LogP contribution in [-0.2, 0) is 5.75 Å². The molecule has 0 bridgehead atoms. The minimum absolute atomic E-state index is 0.485. The summed E-state index contributed by atoms with van der Waals surface area (Å²) in [7, 11) is 0. The smallest absolute Gasteiger partial charge is 0.189 e. The molecule has 0 fully saturated rings. The van der Waals surface area contributed by atoms with Crippen molar-refractivity contribution in [3.63, 3.8) is 0 Å². The van der Waals surface area contributed by atoms with Crippen LogP contribution in [0.4, 0.5) is 0 Å². The average molecular weight is 308 g/mol. The van der Waals surface area contributed by atoms with Gasteiger partial charge in [0.2, 0.25) is 0 Å². The molecule has 0 radical (unpaired) electrons. The molecule has 0 amide bonds. The molecule has 1 aromatic carbocycles. The van der Waals surface area contributed by atoms with E-state index in [1.807, 2.05) is 25.1 Å². The number of hydrogen-bond donors (Lipinski definition) is 0. The maximum atomic E-state index is 5.92. The van der Waals surface area contributed by atoms with Crippen molar-refractivity contribution in [2.45, 2.75) is 17.8 Å². The number of hydrogen-bond acceptors (Lipinski definition) is 5. The Balaban J connectivity index is 1.78. The summed E-state index contributed by atoms with van der Waals surface area (Å²) in [4.78, 5) is 13.1. The van der Waals surface area contributed by atoms with Gasteiger partial charge in [-0.05, 0) is 25.1 Å². The van der Waals surface area contributed by atoms with Gasteiger partial charge in [0.05, 0.1) is 16.0 Å². The number of para-hydroxylation sites is 1. The Morgan fingerprint density at radius 1 is 1.21 bits per heavy atom. The van der Waals surface area contributed by atoms with E-state index in [0.717, 1.165) is 22.0 Å². The third-order valence-corrected chi connectivity index (χ3v) is 4.74. The topological polar surface area (TPSA) is 38.7 Å². The average Bonchev–Trinajstić information content (AvgIpc) is 2.78. The Kier molecular flexibility index (Phi) is 3.68. The Morgan fingerprint density at radius 2 is 2.05 bits per heavy atom. The second kappa shape index (κ2) is 5.45. The fourth-order valence-electron chi connectivity index (χ4n) is 1.68. The number of rotatable bonds is 3. The maximum absolute atomic E-state index is 5.92. The number of halogens is 1. The predicted molar refractivity (Wildman–Crippen MR) is 81.0 cm³/mol. The first-order valence-corrected chi connectivity index (χ1v) is 7.87. The molecule has 3 aromatic rings. The lowest BCUT2D eigenvalue weighted by Gasteiger charge is -1.99. The van der Waals surface area contributed by atoms with Gasteiger partial charge < -0.3 is 0 Å². The minimum atomic E-state index is 0.485. The molecule has 3 nitrogen and oxygen atoms in total. The van der Waals surface area contributed by atoms with E-state index in [0.29, 0.717) is 10.3 Å². The molecule has 0 aliphatic rings. The van der Waals surface area contributed by atoms with Gasteiger partial charge >= 0.3 is 0 Å². The normalized spacial score (nSPS) is 11.1. The molecule has 0 aliphatic heterocycles. The molecular formula is C13H10ClN3S2. The van der Waals surface area contributed by atoms with Crippen LogP contribution in [0.15, 0.2) is 35.5 Å². The standard InChI is InChI=1S/C13H10ClN3S2/c1-8-6-11(14)17-13(15-8)18-7-12-16-9-4-2-3-5-10(9)19-12/h2-6H,7H2,1H3. The first-order valence-electron chi connectivity index (χ1n) is 5.69. The predicted octanol–water partition coefficient (Wildman–Crippen LogP) is 4.34. The molecule has 3 rings (SSSR count). The second-order valence-electron chi connectivity index (χ2n) is 3.98. The van der Waals surface area contributed by atoms with E-state index in [9.17, 15) is 0 Å². The zero-order chi connectivity index (χ0) is 13.2. The van der Waals surface area contributed by atoms with Gasteiger partial charge in [-0.2, -0.15) is 0 Å². The summed E-state index contributed by atoms with van der Waals surface area (Å²) in [6.45, 7) is 1.91. The van der Waals surface area contributed by atoms with Crippen molar-refractivity contribution < 1.29 is 0 Å². The van der Waals surface area contributed by atoms with Crippen molar-refractivity contribution in [3.05, 3.63) is 46.2 Å². The number of aromatic nitrogens is 3. The van der Waals surface area contributed by atoms with Gasteiger partial charge in [-0.3, -0.25) is 0 Å². The van der Waals surface area contributed by atoms with E-state index < -0.39 is 0 Å². The summed E-state index contributed by atoms with van der Waals surface area (Å²) < 4.78 is 1.21. The number of fused-ring (bicyclic) bond motifs is 1. The van der Waals surface area contributed by atoms with Gasteiger partial charge in [0, 0.05) is 5.69 Å². The van der Waals surface area contributed by atoms with Crippen LogP contribution in [0.5, 0.6) is 0 Å². The van der Waals surface area contributed by atoms with Gasteiger partial charge in [-0.1, -0.05) is 35.5 Å². The van der Waals surface area contributed by atoms with Gasteiger partial charge in [-0.15, -0.1) is 11.3 Å². The highest BCUT2D eigenvalue weighted by molar-refractivity contribution is 7.98. The Labute approximate surface area is 124 Å². The summed E-state index contributed by atoms with van der Waals surface area (Å²) in [5.41, 5.74) is 1.93. The van der Waals surface area contributed by atoms with Gasteiger partial charge in [0.25, 0.3) is 0 Å². The van der Waals surface area contributed by atoms with Crippen molar-refractivity contribution in [3.8, 4) is 0 Å². The van der Waals surface area contributed by atoms with Crippen molar-refractivity contribution in [2.24, 2.45) is 0 Å². The number of thioether (sulfide) groups is 1. The molecule has 2 heterocycles. The zero-order valence-electron chi connectivity index (χ0n) is 10.1. The molecule has 0 spiro atoms. The summed E-state index contributed by atoms with van der Waals surface area (Å²) in [6, 6.07) is 9.90. The lowest BCUT2D eigenvalue weighted by molar-refractivity contribution is 0.932. The van der Waals surface area contributed by atoms with Crippen molar-refractivity contribution in [1.29, 1.82) is 0 Å². The van der Waals surface area contributed by atoms with Crippen LogP contribution >= 0.6 is 34.7 Å². The van der Waals surface area contributed by atoms with Crippen LogP contribution in [0, 0.1) is 6.92 Å². The van der Waals surface area contributed by atoms with E-state index >= 15 is 0 Å². The minimum Gasteiger partial charge on any atom is -0.240 e. The highest BCUT2D eigenvalue weighted by Crippen LogP contribution is 2.27. The molecule has 2 aromatic heterocycles. The zero-order valence-corrected chi connectivity index (χ0v) is 12.5. The Morgan fingerprint density at radius 3 is 2.84 bits per heavy atom. The Hall–Kier alpha value is -1.17. The van der Waals surface area contributed by atoms with Gasteiger partial charge in [0.15, 0.2) is 5.16 Å². The van der Waals surface area contributed by atoms with E-state index in [1.54, 1.807) is 29.2 Å². The second-order valence-corrected chi connectivity index (χ2v) is 6.42. The maximum Gasteiger partial charge on any atom is 0.189 e. The lowest BCUT2D eigenvalue weighted by Crippen LogP contribution is -1.90. The van der Waals surface area contributed by atoms with Crippen LogP contribution in [0.1, 0.15) is 10.7 Å².